The molecule has 0 radical (unpaired) electrons. The van der Waals surface area contributed by atoms with Crippen LogP contribution in [0.2, 0.25) is 0 Å². The van der Waals surface area contributed by atoms with Crippen LogP contribution in [0.25, 0.3) is 0 Å². The molecule has 1 heterocycles. The number of hydrogen-bond acceptors (Lipinski definition) is 4. The predicted molar refractivity (Wildman–Crippen MR) is 94.5 cm³/mol. The molecule has 1 aromatic rings. The number of rotatable bonds is 8. The third-order valence-corrected chi connectivity index (χ3v) is 5.57. The number of aliphatic imine (C=N–C) groups is 1. The van der Waals surface area contributed by atoms with Gasteiger partial charge in [0.2, 0.25) is 5.91 Å². The standard InChI is InChI=1S/C17H25N3O3S/c1-3-5-8-13(4-2)11-18-16(21)12-19-17-14-9-6-7-10-15(14)24(22,23)20-17/h6-7,9-10,13H,3-5,8,11-12H2,1-2H3,(H,18,21)(H,19,20). The van der Waals surface area contributed by atoms with Crippen molar-refractivity contribution < 1.29 is 13.2 Å². The molecule has 2 N–H and O–H groups in total. The Labute approximate surface area is 143 Å². The number of amidine groups is 1. The molecule has 0 aromatic heterocycles. The highest BCUT2D eigenvalue weighted by molar-refractivity contribution is 7.90. The zero-order valence-electron chi connectivity index (χ0n) is 14.2. The topological polar surface area (TPSA) is 87.6 Å². The monoisotopic (exact) mass is 351 g/mol. The van der Waals surface area contributed by atoms with Gasteiger partial charge in [-0.25, -0.2) is 8.42 Å². The summed E-state index contributed by atoms with van der Waals surface area (Å²) in [7, 11) is -3.56. The van der Waals surface area contributed by atoms with E-state index in [1.807, 2.05) is 0 Å². The van der Waals surface area contributed by atoms with Crippen molar-refractivity contribution in [2.45, 2.75) is 44.4 Å². The maximum Gasteiger partial charge on any atom is 0.263 e. The number of fused-ring (bicyclic) bond motifs is 1. The van der Waals surface area contributed by atoms with Crippen LogP contribution >= 0.6 is 0 Å². The van der Waals surface area contributed by atoms with Gasteiger partial charge >= 0.3 is 0 Å². The van der Waals surface area contributed by atoms with E-state index < -0.39 is 10.0 Å². The van der Waals surface area contributed by atoms with Gasteiger partial charge in [-0.15, -0.1) is 0 Å². The molecule has 0 fully saturated rings. The molecule has 1 aromatic carbocycles. The maximum atomic E-state index is 12.0. The van der Waals surface area contributed by atoms with Gasteiger partial charge in [0.15, 0.2) is 0 Å². The molecule has 6 nitrogen and oxygen atoms in total. The molecule has 0 bridgehead atoms. The van der Waals surface area contributed by atoms with Gasteiger partial charge in [0.1, 0.15) is 12.4 Å². The molecular weight excluding hydrogens is 326 g/mol. The van der Waals surface area contributed by atoms with E-state index >= 15 is 0 Å². The molecule has 1 aliphatic heterocycles. The lowest BCUT2D eigenvalue weighted by Crippen LogP contribution is -2.32. The summed E-state index contributed by atoms with van der Waals surface area (Å²) >= 11 is 0. The van der Waals surface area contributed by atoms with Crippen molar-refractivity contribution in [1.82, 2.24) is 10.0 Å². The molecule has 1 atom stereocenters. The first-order chi connectivity index (χ1) is 11.5. The lowest BCUT2D eigenvalue weighted by atomic mass is 9.99. The third kappa shape index (κ3) is 4.56. The van der Waals surface area contributed by atoms with Gasteiger partial charge in [0, 0.05) is 12.1 Å². The summed E-state index contributed by atoms with van der Waals surface area (Å²) in [5.74, 6) is 0.520. The summed E-state index contributed by atoms with van der Waals surface area (Å²) in [5.41, 5.74) is 0.514. The van der Waals surface area contributed by atoms with E-state index in [1.54, 1.807) is 18.2 Å². The summed E-state index contributed by atoms with van der Waals surface area (Å²) in [6.07, 6.45) is 4.45. The Bertz CT molecular complexity index is 714. The molecule has 0 spiro atoms. The molecule has 0 aliphatic carbocycles. The van der Waals surface area contributed by atoms with E-state index in [4.69, 9.17) is 0 Å². The summed E-state index contributed by atoms with van der Waals surface area (Å²) in [5, 5.41) is 2.89. The number of nitrogens with one attached hydrogen (secondary N) is 2. The molecule has 1 amide bonds. The van der Waals surface area contributed by atoms with Gasteiger partial charge in [0.05, 0.1) is 4.90 Å². The van der Waals surface area contributed by atoms with Crippen LogP contribution in [0.5, 0.6) is 0 Å². The van der Waals surface area contributed by atoms with Crippen LogP contribution in [0.4, 0.5) is 0 Å². The number of amides is 1. The number of sulfonamides is 1. The van der Waals surface area contributed by atoms with E-state index in [0.717, 1.165) is 25.7 Å². The Morgan fingerprint density at radius 3 is 2.75 bits per heavy atom. The minimum Gasteiger partial charge on any atom is -0.354 e. The Morgan fingerprint density at radius 1 is 1.29 bits per heavy atom. The fourth-order valence-electron chi connectivity index (χ4n) is 2.66. The number of nitrogens with zero attached hydrogens (tertiary/aromatic N) is 1. The molecule has 132 valence electrons. The van der Waals surface area contributed by atoms with Gasteiger partial charge in [-0.2, -0.15) is 0 Å². The summed E-state index contributed by atoms with van der Waals surface area (Å²) in [6, 6.07) is 6.62. The highest BCUT2D eigenvalue weighted by Gasteiger charge is 2.30. The van der Waals surface area contributed by atoms with Crippen molar-refractivity contribution in [3.8, 4) is 0 Å². The first-order valence-corrected chi connectivity index (χ1v) is 9.89. The summed E-state index contributed by atoms with van der Waals surface area (Å²) < 4.78 is 26.3. The third-order valence-electron chi connectivity index (χ3n) is 4.17. The van der Waals surface area contributed by atoms with E-state index in [0.29, 0.717) is 18.0 Å². The van der Waals surface area contributed by atoms with Crippen LogP contribution in [-0.4, -0.2) is 33.3 Å². The number of carbonyl (C=O) groups excluding carboxylic acids is 1. The van der Waals surface area contributed by atoms with Gasteiger partial charge in [-0.1, -0.05) is 45.2 Å². The lowest BCUT2D eigenvalue weighted by Gasteiger charge is -2.14. The second kappa shape index (κ2) is 8.28. The van der Waals surface area contributed by atoms with Crippen LogP contribution < -0.4 is 10.0 Å². The van der Waals surface area contributed by atoms with Crippen molar-refractivity contribution >= 4 is 21.8 Å². The SMILES string of the molecule is CCCCC(CC)CNC(=O)CN=C1NS(=O)(=O)c2ccccc21. The number of carbonyl (C=O) groups is 1. The minimum absolute atomic E-state index is 0.0869. The second-order valence-corrected chi connectivity index (χ2v) is 7.64. The predicted octanol–water partition coefficient (Wildman–Crippen LogP) is 2.06. The zero-order chi connectivity index (χ0) is 17.6. The first-order valence-electron chi connectivity index (χ1n) is 8.41. The highest BCUT2D eigenvalue weighted by atomic mass is 32.2. The van der Waals surface area contributed by atoms with Gasteiger partial charge in [-0.3, -0.25) is 14.5 Å². The van der Waals surface area contributed by atoms with Crippen molar-refractivity contribution in [2.24, 2.45) is 10.9 Å². The van der Waals surface area contributed by atoms with E-state index in [-0.39, 0.29) is 23.2 Å². The van der Waals surface area contributed by atoms with Crippen LogP contribution in [0.15, 0.2) is 34.2 Å². The maximum absolute atomic E-state index is 12.0. The van der Waals surface area contributed by atoms with Gasteiger partial charge in [-0.05, 0) is 24.5 Å². The minimum atomic E-state index is -3.56. The quantitative estimate of drug-likeness (QED) is 0.751. The highest BCUT2D eigenvalue weighted by Crippen LogP contribution is 2.22. The Hall–Kier alpha value is -1.89. The smallest absolute Gasteiger partial charge is 0.263 e. The lowest BCUT2D eigenvalue weighted by molar-refractivity contribution is -0.119. The summed E-state index contributed by atoms with van der Waals surface area (Å²) in [6.45, 7) is 4.83. The van der Waals surface area contributed by atoms with Gasteiger partial charge in [0.25, 0.3) is 10.0 Å². The van der Waals surface area contributed by atoms with Crippen LogP contribution in [-0.2, 0) is 14.8 Å². The zero-order valence-corrected chi connectivity index (χ0v) is 15.0. The molecule has 24 heavy (non-hydrogen) atoms. The molecule has 1 aliphatic rings. The summed E-state index contributed by atoms with van der Waals surface area (Å²) in [4.78, 5) is 16.3. The average Bonchev–Trinajstić information content (AvgIpc) is 2.84. The molecule has 7 heteroatoms. The van der Waals surface area contributed by atoms with Crippen molar-refractivity contribution in [3.63, 3.8) is 0 Å². The Morgan fingerprint density at radius 2 is 2.04 bits per heavy atom. The number of hydrogen-bond donors (Lipinski definition) is 2. The second-order valence-electron chi connectivity index (χ2n) is 5.99. The van der Waals surface area contributed by atoms with Crippen LogP contribution in [0.3, 0.4) is 0 Å². The van der Waals surface area contributed by atoms with Crippen molar-refractivity contribution in [1.29, 1.82) is 0 Å². The Balaban J connectivity index is 1.93. The number of benzene rings is 1. The number of unbranched alkanes of at least 4 members (excludes halogenated alkanes) is 1. The molecular formula is C17H25N3O3S. The van der Waals surface area contributed by atoms with Crippen molar-refractivity contribution in [2.75, 3.05) is 13.1 Å². The average molecular weight is 351 g/mol. The Kier molecular flexibility index (Phi) is 6.36. The normalized spacial score (nSPS) is 18.0. The van der Waals surface area contributed by atoms with E-state index in [9.17, 15) is 13.2 Å². The fraction of sp³-hybridized carbons (Fsp3) is 0.529. The fourth-order valence-corrected chi connectivity index (χ4v) is 3.91. The van der Waals surface area contributed by atoms with E-state index in [2.05, 4.69) is 28.9 Å². The largest absolute Gasteiger partial charge is 0.354 e. The first kappa shape index (κ1) is 18.4. The van der Waals surface area contributed by atoms with Gasteiger partial charge < -0.3 is 5.32 Å². The molecule has 1 unspecified atom stereocenters. The molecule has 0 saturated carbocycles. The van der Waals surface area contributed by atoms with E-state index in [1.165, 1.54) is 6.07 Å². The molecule has 0 saturated heterocycles. The van der Waals surface area contributed by atoms with Crippen LogP contribution in [0, 0.1) is 5.92 Å². The van der Waals surface area contributed by atoms with Crippen molar-refractivity contribution in [3.05, 3.63) is 29.8 Å². The van der Waals surface area contributed by atoms with Crippen LogP contribution in [0.1, 0.15) is 45.1 Å². The molecule has 2 rings (SSSR count).